The molecule has 3 aliphatic rings. The fraction of sp³-hybridized carbons (Fsp3) is 0.700. The van der Waals surface area contributed by atoms with Crippen molar-refractivity contribution in [3.05, 3.63) is 23.7 Å². The summed E-state index contributed by atoms with van der Waals surface area (Å²) in [6, 6.07) is 2.89. The number of furan rings is 1. The maximum atomic E-state index is 12.8. The predicted molar refractivity (Wildman–Crippen MR) is 97.7 cm³/mol. The third-order valence-electron chi connectivity index (χ3n) is 6.32. The Kier molecular flexibility index (Phi) is 5.35. The highest BCUT2D eigenvalue weighted by Gasteiger charge is 2.52. The number of hydrogen-bond donors (Lipinski definition) is 1. The van der Waals surface area contributed by atoms with Crippen molar-refractivity contribution in [1.29, 1.82) is 0 Å². The second-order valence-electron chi connectivity index (χ2n) is 8.50. The highest BCUT2D eigenvalue weighted by molar-refractivity contribution is 5.89. The first-order valence-corrected chi connectivity index (χ1v) is 10.1. The van der Waals surface area contributed by atoms with E-state index in [0.29, 0.717) is 19.5 Å². The summed E-state index contributed by atoms with van der Waals surface area (Å²) < 4.78 is 43.6. The van der Waals surface area contributed by atoms with Crippen molar-refractivity contribution in [2.24, 2.45) is 11.8 Å². The average molecular weight is 413 g/mol. The van der Waals surface area contributed by atoms with Crippen LogP contribution in [0.2, 0.25) is 0 Å². The number of fused-ring (bicyclic) bond motifs is 4. The van der Waals surface area contributed by atoms with E-state index in [1.54, 1.807) is 4.90 Å². The maximum absolute atomic E-state index is 12.8. The summed E-state index contributed by atoms with van der Waals surface area (Å²) in [5.41, 5.74) is 0. The molecule has 3 aliphatic heterocycles. The summed E-state index contributed by atoms with van der Waals surface area (Å²) in [4.78, 5) is 29.2. The summed E-state index contributed by atoms with van der Waals surface area (Å²) in [6.45, 7) is 2.44. The van der Waals surface area contributed by atoms with E-state index in [9.17, 15) is 22.8 Å². The maximum Gasteiger partial charge on any atom is 0.405 e. The van der Waals surface area contributed by atoms with Crippen molar-refractivity contribution < 1.29 is 27.2 Å². The van der Waals surface area contributed by atoms with E-state index < -0.39 is 24.7 Å². The van der Waals surface area contributed by atoms with Crippen LogP contribution in [0.15, 0.2) is 16.5 Å². The van der Waals surface area contributed by atoms with Crippen molar-refractivity contribution in [2.45, 2.75) is 57.4 Å². The Labute approximate surface area is 167 Å². The van der Waals surface area contributed by atoms with Crippen LogP contribution in [0.3, 0.4) is 0 Å². The number of hydrogen-bond acceptors (Lipinski definition) is 4. The average Bonchev–Trinajstić information content (AvgIpc) is 3.05. The van der Waals surface area contributed by atoms with Crippen LogP contribution in [0.25, 0.3) is 0 Å². The number of carbonyl (C=O) groups excluding carboxylic acids is 2. The quantitative estimate of drug-likeness (QED) is 0.824. The molecule has 0 aromatic carbocycles. The molecule has 4 rings (SSSR count). The second-order valence-corrected chi connectivity index (χ2v) is 8.50. The topological polar surface area (TPSA) is 65.8 Å². The molecular formula is C20H26F3N3O3. The number of carbonyl (C=O) groups is 2. The highest BCUT2D eigenvalue weighted by atomic mass is 19.4. The van der Waals surface area contributed by atoms with Crippen molar-refractivity contribution in [3.63, 3.8) is 0 Å². The Morgan fingerprint density at radius 1 is 1.28 bits per heavy atom. The smallest absolute Gasteiger partial charge is 0.405 e. The monoisotopic (exact) mass is 413 g/mol. The van der Waals surface area contributed by atoms with Crippen LogP contribution in [0.5, 0.6) is 0 Å². The molecule has 29 heavy (non-hydrogen) atoms. The molecule has 0 saturated carbocycles. The number of amides is 2. The van der Waals surface area contributed by atoms with Gasteiger partial charge in [0.25, 0.3) is 0 Å². The lowest BCUT2D eigenvalue weighted by atomic mass is 9.71. The Morgan fingerprint density at radius 2 is 2.03 bits per heavy atom. The van der Waals surface area contributed by atoms with Gasteiger partial charge in [-0.05, 0) is 44.2 Å². The van der Waals surface area contributed by atoms with Gasteiger partial charge in [0, 0.05) is 31.5 Å². The zero-order chi connectivity index (χ0) is 20.8. The van der Waals surface area contributed by atoms with Crippen molar-refractivity contribution in [2.75, 3.05) is 19.6 Å². The fourth-order valence-corrected chi connectivity index (χ4v) is 5.30. The van der Waals surface area contributed by atoms with Crippen LogP contribution in [-0.4, -0.2) is 59.5 Å². The van der Waals surface area contributed by atoms with Gasteiger partial charge in [0.05, 0.1) is 6.54 Å². The standard InChI is InChI=1S/C20H26F3N3O3/c1-12-5-6-15(29-12)10-25-8-13-7-14(9-25)18(19(28)24-11-20(21,22)23)26-16(13)3-2-4-17(26)27/h5-6,13-14,16,18H,2-4,7-11H2,1H3,(H,24,28)/t13-,14+,16+,18-/m1/s1. The van der Waals surface area contributed by atoms with Crippen LogP contribution in [0.4, 0.5) is 13.2 Å². The lowest BCUT2D eigenvalue weighted by Crippen LogP contribution is -2.68. The molecule has 6 nitrogen and oxygen atoms in total. The van der Waals surface area contributed by atoms with E-state index in [1.807, 2.05) is 24.4 Å². The lowest BCUT2D eigenvalue weighted by Gasteiger charge is -2.55. The van der Waals surface area contributed by atoms with Gasteiger partial charge < -0.3 is 14.6 Å². The van der Waals surface area contributed by atoms with Crippen LogP contribution >= 0.6 is 0 Å². The normalized spacial score (nSPS) is 30.2. The van der Waals surface area contributed by atoms with Crippen LogP contribution in [0.1, 0.15) is 37.2 Å². The molecule has 1 aromatic heterocycles. The van der Waals surface area contributed by atoms with E-state index in [1.165, 1.54) is 0 Å². The molecule has 0 unspecified atom stereocenters. The summed E-state index contributed by atoms with van der Waals surface area (Å²) in [5.74, 6) is 0.889. The van der Waals surface area contributed by atoms with E-state index in [4.69, 9.17) is 4.42 Å². The molecule has 2 bridgehead atoms. The molecule has 4 heterocycles. The number of nitrogens with zero attached hydrogens (tertiary/aromatic N) is 2. The minimum atomic E-state index is -4.48. The molecule has 0 aliphatic carbocycles. The van der Waals surface area contributed by atoms with E-state index in [2.05, 4.69) is 4.90 Å². The van der Waals surface area contributed by atoms with Gasteiger partial charge in [0.15, 0.2) is 0 Å². The largest absolute Gasteiger partial charge is 0.465 e. The first kappa shape index (κ1) is 20.3. The summed E-state index contributed by atoms with van der Waals surface area (Å²) >= 11 is 0. The molecule has 2 amide bonds. The molecule has 0 radical (unpaired) electrons. The van der Waals surface area contributed by atoms with E-state index in [-0.39, 0.29) is 23.8 Å². The Bertz CT molecular complexity index is 779. The van der Waals surface area contributed by atoms with Crippen LogP contribution in [0, 0.1) is 18.8 Å². The molecular weight excluding hydrogens is 387 g/mol. The number of rotatable bonds is 4. The van der Waals surface area contributed by atoms with Crippen molar-refractivity contribution in [1.82, 2.24) is 15.1 Å². The van der Waals surface area contributed by atoms with Gasteiger partial charge in [0.2, 0.25) is 11.8 Å². The van der Waals surface area contributed by atoms with Crippen LogP contribution < -0.4 is 5.32 Å². The van der Waals surface area contributed by atoms with E-state index >= 15 is 0 Å². The predicted octanol–water partition coefficient (Wildman–Crippen LogP) is 2.47. The highest BCUT2D eigenvalue weighted by Crippen LogP contribution is 2.42. The minimum Gasteiger partial charge on any atom is -0.465 e. The number of alkyl halides is 3. The van der Waals surface area contributed by atoms with E-state index in [0.717, 1.165) is 37.3 Å². The second kappa shape index (κ2) is 7.66. The first-order chi connectivity index (χ1) is 13.7. The van der Waals surface area contributed by atoms with Crippen molar-refractivity contribution in [3.8, 4) is 0 Å². The van der Waals surface area contributed by atoms with Crippen molar-refractivity contribution >= 4 is 11.8 Å². The zero-order valence-corrected chi connectivity index (χ0v) is 16.4. The van der Waals surface area contributed by atoms with Gasteiger partial charge in [-0.3, -0.25) is 14.5 Å². The molecule has 1 N–H and O–H groups in total. The van der Waals surface area contributed by atoms with Gasteiger partial charge in [0.1, 0.15) is 24.1 Å². The number of piperidine rings is 3. The molecule has 0 spiro atoms. The first-order valence-electron chi connectivity index (χ1n) is 10.1. The van der Waals surface area contributed by atoms with Gasteiger partial charge in [-0.25, -0.2) is 0 Å². The summed E-state index contributed by atoms with van der Waals surface area (Å²) in [5, 5.41) is 2.02. The third-order valence-corrected chi connectivity index (χ3v) is 6.32. The molecule has 4 atom stereocenters. The fourth-order valence-electron chi connectivity index (χ4n) is 5.30. The number of nitrogens with one attached hydrogen (secondary N) is 1. The minimum absolute atomic E-state index is 0.0877. The molecule has 1 aromatic rings. The summed E-state index contributed by atoms with van der Waals surface area (Å²) in [7, 11) is 0. The molecule has 3 saturated heterocycles. The van der Waals surface area contributed by atoms with Gasteiger partial charge in [-0.1, -0.05) is 0 Å². The number of likely N-dealkylation sites (tertiary alicyclic amines) is 1. The van der Waals surface area contributed by atoms with Gasteiger partial charge >= 0.3 is 6.18 Å². The lowest BCUT2D eigenvalue weighted by molar-refractivity contribution is -0.163. The Morgan fingerprint density at radius 3 is 2.72 bits per heavy atom. The number of halogens is 3. The molecule has 9 heteroatoms. The van der Waals surface area contributed by atoms with Gasteiger partial charge in [-0.15, -0.1) is 0 Å². The van der Waals surface area contributed by atoms with Gasteiger partial charge in [-0.2, -0.15) is 13.2 Å². The SMILES string of the molecule is Cc1ccc(CN2C[C@H]3C[C@@H](C2)[C@H](C(=O)NCC(F)(F)F)N2C(=O)CCC[C@@H]32)o1. The third kappa shape index (κ3) is 4.29. The Balaban J connectivity index is 1.55. The Hall–Kier alpha value is -2.03. The molecule has 3 fully saturated rings. The summed E-state index contributed by atoms with van der Waals surface area (Å²) in [6.07, 6.45) is -1.82. The number of aryl methyl sites for hydroxylation is 1. The van der Waals surface area contributed by atoms with Crippen LogP contribution in [-0.2, 0) is 16.1 Å². The molecule has 160 valence electrons. The zero-order valence-electron chi connectivity index (χ0n) is 16.4.